The third-order valence-corrected chi connectivity index (χ3v) is 5.79. The summed E-state index contributed by atoms with van der Waals surface area (Å²) in [6, 6.07) is 12.7. The van der Waals surface area contributed by atoms with E-state index in [1.54, 1.807) is 24.3 Å². The van der Waals surface area contributed by atoms with Crippen LogP contribution in [-0.4, -0.2) is 48.6 Å². The first-order valence-corrected chi connectivity index (χ1v) is 9.94. The standard InChI is InChI=1S/C23H24N2O5/c1-15-8-9-16(2)19(14-15)29-12-13-30-22(28)23-11-10-20(26)25(23)18-7-5-4-6-17(18)21(27)24(23)3/h4-9,14H,10-13H2,1-3H3/t23-/m0/s1. The summed E-state index contributed by atoms with van der Waals surface area (Å²) < 4.78 is 11.3. The van der Waals surface area contributed by atoms with Crippen LogP contribution in [-0.2, 0) is 14.3 Å². The molecule has 2 aliphatic rings. The number of hydrogen-bond donors (Lipinski definition) is 0. The van der Waals surface area contributed by atoms with Crippen LogP contribution in [0, 0.1) is 13.8 Å². The fraction of sp³-hybridized carbons (Fsp3) is 0.348. The summed E-state index contributed by atoms with van der Waals surface area (Å²) >= 11 is 0. The van der Waals surface area contributed by atoms with Crippen LogP contribution in [0.5, 0.6) is 5.75 Å². The number of aryl methyl sites for hydroxylation is 2. The minimum absolute atomic E-state index is 0.0136. The molecule has 2 aliphatic heterocycles. The molecule has 2 aromatic rings. The number of fused-ring (bicyclic) bond motifs is 3. The molecule has 0 saturated carbocycles. The Bertz CT molecular complexity index is 1030. The first-order chi connectivity index (χ1) is 14.4. The lowest BCUT2D eigenvalue weighted by Gasteiger charge is -2.46. The van der Waals surface area contributed by atoms with Crippen molar-refractivity contribution in [3.05, 3.63) is 59.2 Å². The molecular formula is C23H24N2O5. The van der Waals surface area contributed by atoms with Crippen LogP contribution >= 0.6 is 0 Å². The maximum atomic E-state index is 13.2. The number of nitrogens with zero attached hydrogens (tertiary/aromatic N) is 2. The van der Waals surface area contributed by atoms with Gasteiger partial charge in [-0.2, -0.15) is 0 Å². The molecule has 2 aromatic carbocycles. The molecule has 0 radical (unpaired) electrons. The van der Waals surface area contributed by atoms with E-state index >= 15 is 0 Å². The summed E-state index contributed by atoms with van der Waals surface area (Å²) in [5.41, 5.74) is 1.46. The van der Waals surface area contributed by atoms with Gasteiger partial charge in [0.15, 0.2) is 0 Å². The molecule has 0 unspecified atom stereocenters. The largest absolute Gasteiger partial charge is 0.490 e. The van der Waals surface area contributed by atoms with Gasteiger partial charge in [-0.1, -0.05) is 24.3 Å². The van der Waals surface area contributed by atoms with Crippen molar-refractivity contribution in [2.24, 2.45) is 0 Å². The highest BCUT2D eigenvalue weighted by molar-refractivity contribution is 6.15. The zero-order chi connectivity index (χ0) is 21.5. The summed E-state index contributed by atoms with van der Waals surface area (Å²) in [5, 5.41) is 0. The van der Waals surface area contributed by atoms with Gasteiger partial charge in [0.05, 0.1) is 11.3 Å². The van der Waals surface area contributed by atoms with Crippen molar-refractivity contribution in [1.82, 2.24) is 4.90 Å². The SMILES string of the molecule is Cc1ccc(C)c(OCCOC(=O)[C@]23CCC(=O)N2c2ccccc2C(=O)N3C)c1. The molecule has 0 N–H and O–H groups in total. The average molecular weight is 408 g/mol. The smallest absolute Gasteiger partial charge is 0.353 e. The van der Waals surface area contributed by atoms with Crippen molar-refractivity contribution in [3.8, 4) is 5.75 Å². The molecule has 0 aliphatic carbocycles. The van der Waals surface area contributed by atoms with Crippen molar-refractivity contribution in [1.29, 1.82) is 0 Å². The molecule has 1 saturated heterocycles. The van der Waals surface area contributed by atoms with Gasteiger partial charge < -0.3 is 14.4 Å². The number of para-hydroxylation sites is 1. The number of ether oxygens (including phenoxy) is 2. The predicted octanol–water partition coefficient (Wildman–Crippen LogP) is 2.83. The number of carbonyl (C=O) groups excluding carboxylic acids is 3. The van der Waals surface area contributed by atoms with Crippen LogP contribution in [0.4, 0.5) is 5.69 Å². The van der Waals surface area contributed by atoms with Gasteiger partial charge in [0, 0.05) is 19.9 Å². The van der Waals surface area contributed by atoms with E-state index in [9.17, 15) is 14.4 Å². The van der Waals surface area contributed by atoms with Gasteiger partial charge in [-0.3, -0.25) is 14.5 Å². The summed E-state index contributed by atoms with van der Waals surface area (Å²) in [4.78, 5) is 41.5. The molecule has 0 bridgehead atoms. The number of hydrogen-bond acceptors (Lipinski definition) is 5. The van der Waals surface area contributed by atoms with E-state index in [2.05, 4.69) is 0 Å². The Morgan fingerprint density at radius 1 is 1.10 bits per heavy atom. The zero-order valence-electron chi connectivity index (χ0n) is 17.3. The minimum atomic E-state index is -1.46. The van der Waals surface area contributed by atoms with Gasteiger partial charge >= 0.3 is 5.97 Å². The topological polar surface area (TPSA) is 76.1 Å². The number of carbonyl (C=O) groups is 3. The highest BCUT2D eigenvalue weighted by atomic mass is 16.6. The fourth-order valence-corrected chi connectivity index (χ4v) is 4.16. The van der Waals surface area contributed by atoms with Gasteiger partial charge in [0.2, 0.25) is 11.6 Å². The van der Waals surface area contributed by atoms with E-state index < -0.39 is 11.6 Å². The van der Waals surface area contributed by atoms with Crippen LogP contribution in [0.15, 0.2) is 42.5 Å². The van der Waals surface area contributed by atoms with Crippen LogP contribution < -0.4 is 9.64 Å². The van der Waals surface area contributed by atoms with Crippen LogP contribution in [0.1, 0.15) is 34.3 Å². The lowest BCUT2D eigenvalue weighted by Crippen LogP contribution is -2.67. The van der Waals surface area contributed by atoms with E-state index in [1.807, 2.05) is 32.0 Å². The summed E-state index contributed by atoms with van der Waals surface area (Å²) in [5.74, 6) is -0.394. The van der Waals surface area contributed by atoms with Gasteiger partial charge in [-0.05, 0) is 43.2 Å². The molecule has 30 heavy (non-hydrogen) atoms. The second kappa shape index (κ2) is 7.48. The Labute approximate surface area is 175 Å². The first kappa shape index (κ1) is 19.9. The highest BCUT2D eigenvalue weighted by Gasteiger charge is 2.60. The second-order valence-corrected chi connectivity index (χ2v) is 7.68. The molecule has 4 rings (SSSR count). The Balaban J connectivity index is 1.52. The third kappa shape index (κ3) is 3.01. The molecule has 7 heteroatoms. The van der Waals surface area contributed by atoms with Crippen molar-refractivity contribution < 1.29 is 23.9 Å². The molecule has 1 fully saturated rings. The van der Waals surface area contributed by atoms with Crippen molar-refractivity contribution in [2.45, 2.75) is 32.4 Å². The third-order valence-electron chi connectivity index (χ3n) is 5.79. The maximum absolute atomic E-state index is 13.2. The number of rotatable bonds is 5. The van der Waals surface area contributed by atoms with E-state index in [-0.39, 0.29) is 37.9 Å². The Morgan fingerprint density at radius 2 is 1.87 bits per heavy atom. The number of amides is 2. The Hall–Kier alpha value is -3.35. The molecule has 2 amide bonds. The molecule has 0 aromatic heterocycles. The number of anilines is 1. The van der Waals surface area contributed by atoms with Crippen molar-refractivity contribution in [2.75, 3.05) is 25.2 Å². The van der Waals surface area contributed by atoms with Gasteiger partial charge in [0.1, 0.15) is 19.0 Å². The molecular weight excluding hydrogens is 384 g/mol. The predicted molar refractivity (Wildman–Crippen MR) is 110 cm³/mol. The van der Waals surface area contributed by atoms with Crippen LogP contribution in [0.2, 0.25) is 0 Å². The van der Waals surface area contributed by atoms with E-state index in [1.165, 1.54) is 16.8 Å². The molecule has 2 heterocycles. The first-order valence-electron chi connectivity index (χ1n) is 9.94. The Kier molecular flexibility index (Phi) is 4.97. The average Bonchev–Trinajstić information content (AvgIpc) is 3.10. The lowest BCUT2D eigenvalue weighted by atomic mass is 9.97. The summed E-state index contributed by atoms with van der Waals surface area (Å²) in [6.07, 6.45) is 0.360. The van der Waals surface area contributed by atoms with E-state index in [4.69, 9.17) is 9.47 Å². The highest BCUT2D eigenvalue weighted by Crippen LogP contribution is 2.44. The van der Waals surface area contributed by atoms with Crippen LogP contribution in [0.25, 0.3) is 0 Å². The lowest BCUT2D eigenvalue weighted by molar-refractivity contribution is -0.157. The number of benzene rings is 2. The quantitative estimate of drug-likeness (QED) is 0.562. The number of likely N-dealkylation sites (N-methyl/N-ethyl adjacent to an activating group) is 1. The van der Waals surface area contributed by atoms with E-state index in [0.29, 0.717) is 11.3 Å². The van der Waals surface area contributed by atoms with Crippen LogP contribution in [0.3, 0.4) is 0 Å². The monoisotopic (exact) mass is 408 g/mol. The maximum Gasteiger partial charge on any atom is 0.353 e. The van der Waals surface area contributed by atoms with Gasteiger partial charge in [-0.25, -0.2) is 4.79 Å². The zero-order valence-corrected chi connectivity index (χ0v) is 17.3. The summed E-state index contributed by atoms with van der Waals surface area (Å²) in [7, 11) is 1.54. The molecule has 7 nitrogen and oxygen atoms in total. The molecule has 1 atom stereocenters. The van der Waals surface area contributed by atoms with Crippen molar-refractivity contribution in [3.63, 3.8) is 0 Å². The minimum Gasteiger partial charge on any atom is -0.490 e. The molecule has 156 valence electrons. The normalized spacial score (nSPS) is 20.1. The van der Waals surface area contributed by atoms with E-state index in [0.717, 1.165) is 16.9 Å². The van der Waals surface area contributed by atoms with Crippen molar-refractivity contribution >= 4 is 23.5 Å². The Morgan fingerprint density at radius 3 is 2.67 bits per heavy atom. The number of esters is 1. The van der Waals surface area contributed by atoms with Gasteiger partial charge in [0.25, 0.3) is 5.91 Å². The van der Waals surface area contributed by atoms with Gasteiger partial charge in [-0.15, -0.1) is 0 Å². The summed E-state index contributed by atoms with van der Waals surface area (Å²) in [6.45, 7) is 4.11. The fourth-order valence-electron chi connectivity index (χ4n) is 4.16. The molecule has 0 spiro atoms. The second-order valence-electron chi connectivity index (χ2n) is 7.68.